The van der Waals surface area contributed by atoms with Crippen molar-refractivity contribution in [2.45, 2.75) is 6.42 Å². The topological polar surface area (TPSA) is 23.8 Å². The van der Waals surface area contributed by atoms with Gasteiger partial charge < -0.3 is 0 Å². The van der Waals surface area contributed by atoms with Gasteiger partial charge in [0.05, 0.1) is 6.07 Å². The standard InChI is InChI=1S/C16H8F5N/c17-12-11(13(18)15(20)16(21)14(12)19)7-10(8-22)6-9-4-2-1-3-5-9/h1-6H,7H2/b10-6-. The van der Waals surface area contributed by atoms with Gasteiger partial charge in [0.15, 0.2) is 23.3 Å². The van der Waals surface area contributed by atoms with Crippen LogP contribution in [0.4, 0.5) is 22.0 Å². The summed E-state index contributed by atoms with van der Waals surface area (Å²) in [7, 11) is 0. The van der Waals surface area contributed by atoms with Crippen molar-refractivity contribution in [3.63, 3.8) is 0 Å². The largest absolute Gasteiger partial charge is 0.203 e. The molecule has 0 radical (unpaired) electrons. The van der Waals surface area contributed by atoms with Crippen LogP contribution in [0.3, 0.4) is 0 Å². The van der Waals surface area contributed by atoms with Crippen LogP contribution in [-0.2, 0) is 6.42 Å². The minimum Gasteiger partial charge on any atom is -0.203 e. The highest BCUT2D eigenvalue weighted by atomic mass is 19.2. The summed E-state index contributed by atoms with van der Waals surface area (Å²) in [6.45, 7) is 0. The number of hydrogen-bond acceptors (Lipinski definition) is 1. The van der Waals surface area contributed by atoms with E-state index < -0.39 is 41.1 Å². The second kappa shape index (κ2) is 6.39. The molecular formula is C16H8F5N. The number of rotatable bonds is 3. The van der Waals surface area contributed by atoms with Gasteiger partial charge in [-0.3, -0.25) is 0 Å². The molecule has 2 aromatic carbocycles. The first kappa shape index (κ1) is 15.7. The van der Waals surface area contributed by atoms with Crippen molar-refractivity contribution in [2.75, 3.05) is 0 Å². The normalized spacial score (nSPS) is 11.4. The number of halogens is 5. The van der Waals surface area contributed by atoms with Crippen LogP contribution >= 0.6 is 0 Å². The molecule has 0 fully saturated rings. The first-order chi connectivity index (χ1) is 10.5. The summed E-state index contributed by atoms with van der Waals surface area (Å²) in [6, 6.07) is 10.1. The molecule has 6 heteroatoms. The van der Waals surface area contributed by atoms with Gasteiger partial charge in [-0.2, -0.15) is 5.26 Å². The number of allylic oxidation sites excluding steroid dienone is 1. The summed E-state index contributed by atoms with van der Waals surface area (Å²) in [6.07, 6.45) is 0.620. The Hall–Kier alpha value is -2.68. The number of nitriles is 1. The van der Waals surface area contributed by atoms with E-state index in [4.69, 9.17) is 5.26 Å². The zero-order chi connectivity index (χ0) is 16.3. The van der Waals surface area contributed by atoms with Gasteiger partial charge in [0.25, 0.3) is 0 Å². The molecular weight excluding hydrogens is 301 g/mol. The Bertz CT molecular complexity index is 746. The average Bonchev–Trinajstić information content (AvgIpc) is 2.55. The lowest BCUT2D eigenvalue weighted by Gasteiger charge is -2.07. The third kappa shape index (κ3) is 2.98. The second-order valence-electron chi connectivity index (χ2n) is 4.42. The summed E-state index contributed by atoms with van der Waals surface area (Å²) in [4.78, 5) is 0. The summed E-state index contributed by atoms with van der Waals surface area (Å²) in [5, 5.41) is 9.00. The zero-order valence-electron chi connectivity index (χ0n) is 11.0. The molecule has 1 nitrogen and oxygen atoms in total. The van der Waals surface area contributed by atoms with E-state index in [9.17, 15) is 22.0 Å². The van der Waals surface area contributed by atoms with E-state index >= 15 is 0 Å². The lowest BCUT2D eigenvalue weighted by molar-refractivity contribution is 0.371. The van der Waals surface area contributed by atoms with Crippen LogP contribution in [0, 0.1) is 40.4 Å². The van der Waals surface area contributed by atoms with Crippen molar-refractivity contribution < 1.29 is 22.0 Å². The molecule has 2 aromatic rings. The molecule has 0 saturated heterocycles. The highest BCUT2D eigenvalue weighted by Gasteiger charge is 2.25. The highest BCUT2D eigenvalue weighted by Crippen LogP contribution is 2.25. The van der Waals surface area contributed by atoms with Crippen molar-refractivity contribution in [1.29, 1.82) is 5.26 Å². The van der Waals surface area contributed by atoms with E-state index in [1.165, 1.54) is 6.08 Å². The molecule has 0 aromatic heterocycles. The molecule has 0 unspecified atom stereocenters. The first-order valence-corrected chi connectivity index (χ1v) is 6.11. The van der Waals surface area contributed by atoms with Gasteiger partial charge in [0, 0.05) is 17.6 Å². The first-order valence-electron chi connectivity index (χ1n) is 6.11. The zero-order valence-corrected chi connectivity index (χ0v) is 11.0. The minimum atomic E-state index is -2.22. The van der Waals surface area contributed by atoms with Crippen molar-refractivity contribution >= 4 is 6.08 Å². The fraction of sp³-hybridized carbons (Fsp3) is 0.0625. The van der Waals surface area contributed by atoms with E-state index in [1.54, 1.807) is 36.4 Å². The Morgan fingerprint density at radius 1 is 0.864 bits per heavy atom. The SMILES string of the molecule is N#C/C(=C\c1ccccc1)Cc1c(F)c(F)c(F)c(F)c1F. The molecule has 112 valence electrons. The van der Waals surface area contributed by atoms with Gasteiger partial charge in [0.2, 0.25) is 5.82 Å². The fourth-order valence-electron chi connectivity index (χ4n) is 1.87. The predicted molar refractivity (Wildman–Crippen MR) is 70.0 cm³/mol. The summed E-state index contributed by atoms with van der Waals surface area (Å²) >= 11 is 0. The van der Waals surface area contributed by atoms with Gasteiger partial charge >= 0.3 is 0 Å². The Kier molecular flexibility index (Phi) is 4.56. The van der Waals surface area contributed by atoms with Crippen LogP contribution in [0.2, 0.25) is 0 Å². The molecule has 0 atom stereocenters. The third-order valence-corrected chi connectivity index (χ3v) is 2.95. The Morgan fingerprint density at radius 3 is 1.86 bits per heavy atom. The molecule has 2 rings (SSSR count). The number of benzene rings is 2. The molecule has 0 bridgehead atoms. The van der Waals surface area contributed by atoms with Crippen LogP contribution in [0.25, 0.3) is 6.08 Å². The molecule has 0 saturated carbocycles. The van der Waals surface area contributed by atoms with Crippen LogP contribution < -0.4 is 0 Å². The lowest BCUT2D eigenvalue weighted by atomic mass is 10.0. The van der Waals surface area contributed by atoms with Crippen LogP contribution in [0.1, 0.15) is 11.1 Å². The maximum Gasteiger partial charge on any atom is 0.200 e. The maximum atomic E-state index is 13.6. The van der Waals surface area contributed by atoms with Gasteiger partial charge in [-0.05, 0) is 11.6 Å². The Labute approximate surface area is 122 Å². The van der Waals surface area contributed by atoms with E-state index in [-0.39, 0.29) is 5.57 Å². The molecule has 0 spiro atoms. The quantitative estimate of drug-likeness (QED) is 0.354. The Morgan fingerprint density at radius 2 is 1.36 bits per heavy atom. The Balaban J connectivity index is 2.46. The molecule has 0 heterocycles. The maximum absolute atomic E-state index is 13.6. The van der Waals surface area contributed by atoms with E-state index in [2.05, 4.69) is 0 Å². The van der Waals surface area contributed by atoms with E-state index in [0.717, 1.165) is 0 Å². The third-order valence-electron chi connectivity index (χ3n) is 2.95. The lowest BCUT2D eigenvalue weighted by Crippen LogP contribution is -2.07. The van der Waals surface area contributed by atoms with Crippen molar-refractivity contribution in [2.24, 2.45) is 0 Å². The highest BCUT2D eigenvalue weighted by molar-refractivity contribution is 5.58. The molecule has 0 amide bonds. The summed E-state index contributed by atoms with van der Waals surface area (Å²) in [5.41, 5.74) is -0.586. The molecule has 0 aliphatic rings. The molecule has 22 heavy (non-hydrogen) atoms. The summed E-state index contributed by atoms with van der Waals surface area (Å²) < 4.78 is 66.4. The van der Waals surface area contributed by atoms with E-state index in [1.807, 2.05) is 0 Å². The molecule has 0 aliphatic heterocycles. The average molecular weight is 309 g/mol. The van der Waals surface area contributed by atoms with Crippen LogP contribution in [0.5, 0.6) is 0 Å². The van der Waals surface area contributed by atoms with Gasteiger partial charge in [0.1, 0.15) is 0 Å². The monoisotopic (exact) mass is 309 g/mol. The smallest absolute Gasteiger partial charge is 0.200 e. The molecule has 0 aliphatic carbocycles. The summed E-state index contributed by atoms with van der Waals surface area (Å²) in [5.74, 6) is -10.1. The van der Waals surface area contributed by atoms with Crippen molar-refractivity contribution in [1.82, 2.24) is 0 Å². The number of nitrogens with zero attached hydrogens (tertiary/aromatic N) is 1. The fourth-order valence-corrected chi connectivity index (χ4v) is 1.87. The predicted octanol–water partition coefficient (Wildman–Crippen LogP) is 4.53. The number of hydrogen-bond donors (Lipinski definition) is 0. The van der Waals surface area contributed by atoms with Gasteiger partial charge in [-0.15, -0.1) is 0 Å². The van der Waals surface area contributed by atoms with Crippen molar-refractivity contribution in [3.05, 3.63) is 76.1 Å². The minimum absolute atomic E-state index is 0.130. The van der Waals surface area contributed by atoms with E-state index in [0.29, 0.717) is 5.56 Å². The van der Waals surface area contributed by atoms with Gasteiger partial charge in [-0.25, -0.2) is 22.0 Å². The second-order valence-corrected chi connectivity index (χ2v) is 4.42. The van der Waals surface area contributed by atoms with Gasteiger partial charge in [-0.1, -0.05) is 30.3 Å². The van der Waals surface area contributed by atoms with Crippen LogP contribution in [-0.4, -0.2) is 0 Å². The van der Waals surface area contributed by atoms with Crippen molar-refractivity contribution in [3.8, 4) is 6.07 Å². The van der Waals surface area contributed by atoms with Crippen LogP contribution in [0.15, 0.2) is 35.9 Å². The molecule has 0 N–H and O–H groups in total.